The maximum Gasteiger partial charge on any atom is 0.191 e. The van der Waals surface area contributed by atoms with Gasteiger partial charge in [0.05, 0.1) is 6.54 Å². The van der Waals surface area contributed by atoms with Gasteiger partial charge in [0, 0.05) is 16.2 Å². The standard InChI is InChI=1S/C15H22IN3O2/c1-2-17-15(19-12-5-6-12)18-9-13(20)10-21-14-7-3-11(16)4-8-14/h3-4,7-8,12-13,20H,2,5-6,9-10H2,1H3,(H2,17,18,19). The molecule has 1 aromatic carbocycles. The minimum atomic E-state index is -0.612. The molecule has 1 saturated carbocycles. The molecule has 3 N–H and O–H groups in total. The van der Waals surface area contributed by atoms with Gasteiger partial charge in [-0.15, -0.1) is 0 Å². The lowest BCUT2D eigenvalue weighted by Gasteiger charge is -2.13. The van der Waals surface area contributed by atoms with Crippen molar-refractivity contribution in [3.8, 4) is 5.75 Å². The molecule has 1 aromatic rings. The maximum absolute atomic E-state index is 9.94. The van der Waals surface area contributed by atoms with Gasteiger partial charge in [0.2, 0.25) is 0 Å². The van der Waals surface area contributed by atoms with Gasteiger partial charge in [0.1, 0.15) is 18.5 Å². The van der Waals surface area contributed by atoms with Gasteiger partial charge in [-0.25, -0.2) is 0 Å². The number of ether oxygens (including phenoxy) is 1. The van der Waals surface area contributed by atoms with Crippen molar-refractivity contribution < 1.29 is 9.84 Å². The zero-order valence-corrected chi connectivity index (χ0v) is 14.3. The number of aliphatic hydroxyl groups excluding tert-OH is 1. The van der Waals surface area contributed by atoms with E-state index in [9.17, 15) is 5.11 Å². The predicted octanol–water partition coefficient (Wildman–Crippen LogP) is 1.75. The summed E-state index contributed by atoms with van der Waals surface area (Å²) in [6.07, 6.45) is 1.78. The summed E-state index contributed by atoms with van der Waals surface area (Å²) >= 11 is 2.24. The molecule has 0 bridgehead atoms. The summed E-state index contributed by atoms with van der Waals surface area (Å²) in [7, 11) is 0. The molecule has 0 amide bonds. The number of rotatable bonds is 7. The van der Waals surface area contributed by atoms with E-state index in [1.54, 1.807) is 0 Å². The van der Waals surface area contributed by atoms with Crippen LogP contribution in [0.15, 0.2) is 29.3 Å². The van der Waals surface area contributed by atoms with E-state index in [1.165, 1.54) is 12.8 Å². The molecule has 0 heterocycles. The average molecular weight is 403 g/mol. The van der Waals surface area contributed by atoms with Crippen LogP contribution in [0.3, 0.4) is 0 Å². The molecule has 0 spiro atoms. The topological polar surface area (TPSA) is 65.9 Å². The van der Waals surface area contributed by atoms with Crippen LogP contribution in [-0.4, -0.2) is 42.9 Å². The monoisotopic (exact) mass is 403 g/mol. The summed E-state index contributed by atoms with van der Waals surface area (Å²) in [4.78, 5) is 4.38. The quantitative estimate of drug-likeness (QED) is 0.369. The zero-order chi connectivity index (χ0) is 15.1. The normalized spacial score (nSPS) is 16.4. The molecule has 0 saturated heterocycles. The highest BCUT2D eigenvalue weighted by Gasteiger charge is 2.22. The van der Waals surface area contributed by atoms with E-state index in [4.69, 9.17) is 4.74 Å². The highest BCUT2D eigenvalue weighted by Crippen LogP contribution is 2.18. The van der Waals surface area contributed by atoms with Crippen molar-refractivity contribution in [1.82, 2.24) is 10.6 Å². The van der Waals surface area contributed by atoms with Crippen LogP contribution in [0.25, 0.3) is 0 Å². The molecule has 1 unspecified atom stereocenters. The molecule has 2 rings (SSSR count). The van der Waals surface area contributed by atoms with Crippen molar-refractivity contribution in [2.45, 2.75) is 31.9 Å². The van der Waals surface area contributed by atoms with Gasteiger partial charge in [-0.05, 0) is 66.6 Å². The fourth-order valence-corrected chi connectivity index (χ4v) is 2.07. The Morgan fingerprint density at radius 2 is 2.14 bits per heavy atom. The van der Waals surface area contributed by atoms with Crippen molar-refractivity contribution >= 4 is 28.6 Å². The molecule has 0 aromatic heterocycles. The van der Waals surface area contributed by atoms with Gasteiger partial charge in [0.25, 0.3) is 0 Å². The molecule has 1 fully saturated rings. The van der Waals surface area contributed by atoms with Crippen LogP contribution >= 0.6 is 22.6 Å². The first-order valence-corrected chi connectivity index (χ1v) is 8.36. The first kappa shape index (κ1) is 16.4. The van der Waals surface area contributed by atoms with Gasteiger partial charge in [-0.3, -0.25) is 4.99 Å². The van der Waals surface area contributed by atoms with Crippen molar-refractivity contribution in [3.05, 3.63) is 27.8 Å². The fourth-order valence-electron chi connectivity index (χ4n) is 1.71. The van der Waals surface area contributed by atoms with E-state index in [0.717, 1.165) is 21.8 Å². The Labute approximate surface area is 139 Å². The Bertz CT molecular complexity index is 460. The van der Waals surface area contributed by atoms with Crippen LogP contribution < -0.4 is 15.4 Å². The number of benzene rings is 1. The number of aliphatic imine (C=N–C) groups is 1. The second-order valence-corrected chi connectivity index (χ2v) is 6.30. The molecule has 1 aliphatic rings. The molecule has 5 nitrogen and oxygen atoms in total. The van der Waals surface area contributed by atoms with Crippen LogP contribution in [0, 0.1) is 3.57 Å². The largest absolute Gasteiger partial charge is 0.491 e. The minimum absolute atomic E-state index is 0.243. The molecular weight excluding hydrogens is 381 g/mol. The summed E-state index contributed by atoms with van der Waals surface area (Å²) in [6.45, 7) is 3.41. The SMILES string of the molecule is CCNC(=NCC(O)COc1ccc(I)cc1)NC1CC1. The lowest BCUT2D eigenvalue weighted by molar-refractivity contribution is 0.114. The number of nitrogens with zero attached hydrogens (tertiary/aromatic N) is 1. The van der Waals surface area contributed by atoms with Crippen molar-refractivity contribution in [2.24, 2.45) is 4.99 Å². The molecule has 0 aliphatic heterocycles. The van der Waals surface area contributed by atoms with Crippen molar-refractivity contribution in [1.29, 1.82) is 0 Å². The van der Waals surface area contributed by atoms with E-state index < -0.39 is 6.10 Å². The van der Waals surface area contributed by atoms with Crippen molar-refractivity contribution in [2.75, 3.05) is 19.7 Å². The molecule has 1 atom stereocenters. The number of halogens is 1. The van der Waals surface area contributed by atoms with Crippen molar-refractivity contribution in [3.63, 3.8) is 0 Å². The Morgan fingerprint density at radius 3 is 2.76 bits per heavy atom. The zero-order valence-electron chi connectivity index (χ0n) is 12.2. The third kappa shape index (κ3) is 6.52. The number of nitrogens with one attached hydrogen (secondary N) is 2. The summed E-state index contributed by atoms with van der Waals surface area (Å²) < 4.78 is 6.70. The second kappa shape index (κ2) is 8.43. The third-order valence-corrected chi connectivity index (χ3v) is 3.70. The van der Waals surface area contributed by atoms with E-state index in [0.29, 0.717) is 12.6 Å². The predicted molar refractivity (Wildman–Crippen MR) is 92.8 cm³/mol. The smallest absolute Gasteiger partial charge is 0.191 e. The second-order valence-electron chi connectivity index (χ2n) is 5.06. The van der Waals surface area contributed by atoms with Gasteiger partial charge in [0.15, 0.2) is 5.96 Å². The highest BCUT2D eigenvalue weighted by molar-refractivity contribution is 14.1. The summed E-state index contributed by atoms with van der Waals surface area (Å²) in [5, 5.41) is 16.4. The van der Waals surface area contributed by atoms with E-state index >= 15 is 0 Å². The van der Waals surface area contributed by atoms with E-state index in [-0.39, 0.29) is 6.61 Å². The number of aliphatic hydroxyl groups is 1. The molecule has 0 radical (unpaired) electrons. The maximum atomic E-state index is 9.94. The van der Waals surface area contributed by atoms with Gasteiger partial charge >= 0.3 is 0 Å². The Balaban J connectivity index is 1.74. The average Bonchev–Trinajstić information content (AvgIpc) is 3.28. The molecule has 116 valence electrons. The van der Waals surface area contributed by atoms with Gasteiger partial charge in [-0.2, -0.15) is 0 Å². The van der Waals surface area contributed by atoms with Crippen LogP contribution in [0.1, 0.15) is 19.8 Å². The number of guanidine groups is 1. The Morgan fingerprint density at radius 1 is 1.43 bits per heavy atom. The van der Waals surface area contributed by atoms with Crippen LogP contribution in [0.5, 0.6) is 5.75 Å². The lowest BCUT2D eigenvalue weighted by Crippen LogP contribution is -2.39. The van der Waals surface area contributed by atoms with Crippen LogP contribution in [0.2, 0.25) is 0 Å². The number of hydrogen-bond acceptors (Lipinski definition) is 3. The Hall–Kier alpha value is -1.02. The third-order valence-electron chi connectivity index (χ3n) is 2.98. The first-order chi connectivity index (χ1) is 10.2. The molecule has 1 aliphatic carbocycles. The van der Waals surface area contributed by atoms with Crippen LogP contribution in [0.4, 0.5) is 0 Å². The molecule has 6 heteroatoms. The van der Waals surface area contributed by atoms with Gasteiger partial charge in [-0.1, -0.05) is 0 Å². The summed E-state index contributed by atoms with van der Waals surface area (Å²) in [5.74, 6) is 1.54. The fraction of sp³-hybridized carbons (Fsp3) is 0.533. The van der Waals surface area contributed by atoms with E-state index in [2.05, 4.69) is 38.2 Å². The minimum Gasteiger partial charge on any atom is -0.491 e. The highest BCUT2D eigenvalue weighted by atomic mass is 127. The first-order valence-electron chi connectivity index (χ1n) is 7.28. The summed E-state index contributed by atoms with van der Waals surface area (Å²) in [6, 6.07) is 8.29. The van der Waals surface area contributed by atoms with E-state index in [1.807, 2.05) is 31.2 Å². The lowest BCUT2D eigenvalue weighted by atomic mass is 10.3. The van der Waals surface area contributed by atoms with Crippen LogP contribution in [-0.2, 0) is 0 Å². The molecule has 21 heavy (non-hydrogen) atoms. The summed E-state index contributed by atoms with van der Waals surface area (Å²) in [5.41, 5.74) is 0. The Kier molecular flexibility index (Phi) is 6.56. The number of hydrogen-bond donors (Lipinski definition) is 3. The molecular formula is C15H22IN3O2. The van der Waals surface area contributed by atoms with Gasteiger partial charge < -0.3 is 20.5 Å².